The third-order valence-electron chi connectivity index (χ3n) is 4.63. The molecule has 1 atom stereocenters. The van der Waals surface area contributed by atoms with Gasteiger partial charge in [0.1, 0.15) is 5.82 Å². The summed E-state index contributed by atoms with van der Waals surface area (Å²) in [4.78, 5) is 2.50. The number of rotatable bonds is 8. The van der Waals surface area contributed by atoms with Gasteiger partial charge in [0.2, 0.25) is 0 Å². The summed E-state index contributed by atoms with van der Waals surface area (Å²) in [6, 6.07) is 7.12. The molecule has 1 N–H and O–H groups in total. The molecule has 1 unspecified atom stereocenters. The largest absolute Gasteiger partial charge is 0.311 e. The average Bonchev–Trinajstić information content (AvgIpc) is 2.47. The van der Waals surface area contributed by atoms with Gasteiger partial charge in [0.05, 0.1) is 6.04 Å². The molecule has 1 aromatic carbocycles. The lowest BCUT2D eigenvalue weighted by Gasteiger charge is -2.48. The summed E-state index contributed by atoms with van der Waals surface area (Å²) >= 11 is 0. The van der Waals surface area contributed by atoms with Crippen LogP contribution in [0.25, 0.3) is 0 Å². The van der Waals surface area contributed by atoms with Crippen molar-refractivity contribution in [2.75, 3.05) is 20.1 Å². The molecule has 0 fully saturated rings. The topological polar surface area (TPSA) is 15.3 Å². The monoisotopic (exact) mass is 280 g/mol. The first-order valence-corrected chi connectivity index (χ1v) is 7.77. The Kier molecular flexibility index (Phi) is 6.63. The predicted molar refractivity (Wildman–Crippen MR) is 84.4 cm³/mol. The second-order valence-corrected chi connectivity index (χ2v) is 5.26. The number of benzene rings is 1. The van der Waals surface area contributed by atoms with Crippen molar-refractivity contribution in [2.45, 2.75) is 52.1 Å². The molecule has 0 aliphatic carbocycles. The van der Waals surface area contributed by atoms with E-state index in [2.05, 4.69) is 37.9 Å². The maximum absolute atomic E-state index is 13.6. The van der Waals surface area contributed by atoms with Crippen LogP contribution in [0.2, 0.25) is 0 Å². The van der Waals surface area contributed by atoms with Crippen LogP contribution in [0.3, 0.4) is 0 Å². The van der Waals surface area contributed by atoms with Crippen LogP contribution in [0.5, 0.6) is 0 Å². The molecule has 0 spiro atoms. The molecule has 0 aliphatic rings. The summed E-state index contributed by atoms with van der Waals surface area (Å²) in [5, 5.41) is 3.43. The molecule has 0 saturated heterocycles. The molecule has 114 valence electrons. The van der Waals surface area contributed by atoms with E-state index in [0.717, 1.165) is 31.5 Å². The highest BCUT2D eigenvalue weighted by atomic mass is 19.1. The van der Waals surface area contributed by atoms with Crippen molar-refractivity contribution in [1.82, 2.24) is 10.2 Å². The Hall–Kier alpha value is -0.930. The second-order valence-electron chi connectivity index (χ2n) is 5.26. The minimum atomic E-state index is -0.164. The number of hydrogen-bond donors (Lipinski definition) is 1. The third-order valence-corrected chi connectivity index (χ3v) is 4.63. The standard InChI is InChI=1S/C17H29FN2/c1-6-17(7-2,20(8-3)9-4)16(19-5)14-11-10-12-15(18)13-14/h10-13,16,19H,6-9H2,1-5H3. The van der Waals surface area contributed by atoms with Gasteiger partial charge in [-0.2, -0.15) is 0 Å². The zero-order chi connectivity index (χ0) is 15.2. The highest BCUT2D eigenvalue weighted by Gasteiger charge is 2.39. The number of likely N-dealkylation sites (N-methyl/N-ethyl adjacent to an activating group) is 2. The predicted octanol–water partition coefficient (Wildman–Crippen LogP) is 3.99. The van der Waals surface area contributed by atoms with E-state index in [1.54, 1.807) is 12.1 Å². The van der Waals surface area contributed by atoms with Crippen LogP contribution in [0.15, 0.2) is 24.3 Å². The summed E-state index contributed by atoms with van der Waals surface area (Å²) < 4.78 is 13.6. The van der Waals surface area contributed by atoms with Crippen molar-refractivity contribution in [3.63, 3.8) is 0 Å². The summed E-state index contributed by atoms with van der Waals surface area (Å²) in [6.07, 6.45) is 2.07. The Morgan fingerprint density at radius 2 is 1.75 bits per heavy atom. The molecular formula is C17H29FN2. The van der Waals surface area contributed by atoms with Crippen molar-refractivity contribution >= 4 is 0 Å². The molecule has 2 nitrogen and oxygen atoms in total. The number of nitrogens with zero attached hydrogens (tertiary/aromatic N) is 1. The third kappa shape index (κ3) is 3.21. The number of hydrogen-bond acceptors (Lipinski definition) is 2. The van der Waals surface area contributed by atoms with Crippen molar-refractivity contribution in [2.24, 2.45) is 0 Å². The maximum atomic E-state index is 13.6. The van der Waals surface area contributed by atoms with E-state index in [1.807, 2.05) is 13.1 Å². The minimum absolute atomic E-state index is 0.0199. The zero-order valence-electron chi connectivity index (χ0n) is 13.5. The lowest BCUT2D eigenvalue weighted by Crippen LogP contribution is -2.55. The number of halogens is 1. The summed E-state index contributed by atoms with van der Waals surface area (Å²) in [7, 11) is 1.97. The first-order chi connectivity index (χ1) is 9.59. The lowest BCUT2D eigenvalue weighted by atomic mass is 9.79. The smallest absolute Gasteiger partial charge is 0.123 e. The SMILES string of the molecule is CCN(CC)C(CC)(CC)C(NC)c1cccc(F)c1. The Bertz CT molecular complexity index is 398. The van der Waals surface area contributed by atoms with Gasteiger partial charge in [-0.3, -0.25) is 4.90 Å². The van der Waals surface area contributed by atoms with Gasteiger partial charge in [-0.25, -0.2) is 4.39 Å². The van der Waals surface area contributed by atoms with Crippen molar-refractivity contribution in [3.8, 4) is 0 Å². The molecule has 0 aromatic heterocycles. The van der Waals surface area contributed by atoms with Crippen LogP contribution in [-0.2, 0) is 0 Å². The number of nitrogens with one attached hydrogen (secondary N) is 1. The molecular weight excluding hydrogens is 251 g/mol. The van der Waals surface area contributed by atoms with E-state index in [-0.39, 0.29) is 17.4 Å². The van der Waals surface area contributed by atoms with E-state index >= 15 is 0 Å². The molecule has 0 amide bonds. The summed E-state index contributed by atoms with van der Waals surface area (Å²) in [5.41, 5.74) is 1.05. The second kappa shape index (κ2) is 7.75. The van der Waals surface area contributed by atoms with Gasteiger partial charge in [-0.05, 0) is 50.7 Å². The molecule has 1 aromatic rings. The fourth-order valence-corrected chi connectivity index (χ4v) is 3.57. The van der Waals surface area contributed by atoms with Crippen LogP contribution >= 0.6 is 0 Å². The van der Waals surface area contributed by atoms with E-state index in [1.165, 1.54) is 6.07 Å². The molecule has 0 radical (unpaired) electrons. The molecule has 0 aliphatic heterocycles. The summed E-state index contributed by atoms with van der Waals surface area (Å²) in [6.45, 7) is 10.9. The zero-order valence-corrected chi connectivity index (χ0v) is 13.5. The normalized spacial score (nSPS) is 13.8. The first-order valence-electron chi connectivity index (χ1n) is 7.77. The quantitative estimate of drug-likeness (QED) is 0.774. The minimum Gasteiger partial charge on any atom is -0.311 e. The van der Waals surface area contributed by atoms with Crippen LogP contribution in [-0.4, -0.2) is 30.6 Å². The lowest BCUT2D eigenvalue weighted by molar-refractivity contribution is 0.0514. The maximum Gasteiger partial charge on any atom is 0.123 e. The van der Waals surface area contributed by atoms with E-state index < -0.39 is 0 Å². The molecule has 1 rings (SSSR count). The highest BCUT2D eigenvalue weighted by Crippen LogP contribution is 2.37. The Balaban J connectivity index is 3.28. The molecule has 0 heterocycles. The van der Waals surface area contributed by atoms with Gasteiger partial charge < -0.3 is 5.32 Å². The first kappa shape index (κ1) is 17.1. The van der Waals surface area contributed by atoms with Crippen LogP contribution in [0.4, 0.5) is 4.39 Å². The Labute approximate surface area is 123 Å². The molecule has 20 heavy (non-hydrogen) atoms. The van der Waals surface area contributed by atoms with E-state index in [4.69, 9.17) is 0 Å². The Morgan fingerprint density at radius 1 is 1.15 bits per heavy atom. The van der Waals surface area contributed by atoms with Gasteiger partial charge in [-0.1, -0.05) is 39.8 Å². The van der Waals surface area contributed by atoms with Gasteiger partial charge in [-0.15, -0.1) is 0 Å². The van der Waals surface area contributed by atoms with Crippen LogP contribution < -0.4 is 5.32 Å². The molecule has 0 saturated carbocycles. The van der Waals surface area contributed by atoms with E-state index in [9.17, 15) is 4.39 Å². The van der Waals surface area contributed by atoms with Gasteiger partial charge in [0, 0.05) is 5.54 Å². The van der Waals surface area contributed by atoms with E-state index in [0.29, 0.717) is 0 Å². The van der Waals surface area contributed by atoms with Gasteiger partial charge >= 0.3 is 0 Å². The van der Waals surface area contributed by atoms with Crippen molar-refractivity contribution in [3.05, 3.63) is 35.6 Å². The van der Waals surface area contributed by atoms with Crippen molar-refractivity contribution < 1.29 is 4.39 Å². The fourth-order valence-electron chi connectivity index (χ4n) is 3.57. The molecule has 0 bridgehead atoms. The average molecular weight is 280 g/mol. The summed E-state index contributed by atoms with van der Waals surface area (Å²) in [5.74, 6) is -0.164. The Morgan fingerprint density at radius 3 is 2.15 bits per heavy atom. The van der Waals surface area contributed by atoms with Gasteiger partial charge in [0.15, 0.2) is 0 Å². The van der Waals surface area contributed by atoms with Crippen LogP contribution in [0.1, 0.15) is 52.1 Å². The molecule has 3 heteroatoms. The highest BCUT2D eigenvalue weighted by molar-refractivity contribution is 5.24. The van der Waals surface area contributed by atoms with Crippen LogP contribution in [0, 0.1) is 5.82 Å². The van der Waals surface area contributed by atoms with Gasteiger partial charge in [0.25, 0.3) is 0 Å². The van der Waals surface area contributed by atoms with Crippen molar-refractivity contribution in [1.29, 1.82) is 0 Å². The fraction of sp³-hybridized carbons (Fsp3) is 0.647.